The number of hydrogen-bond acceptors (Lipinski definition) is 2. The van der Waals surface area contributed by atoms with Crippen LogP contribution in [0.25, 0.3) is 0 Å². The third-order valence-corrected chi connectivity index (χ3v) is 3.17. The summed E-state index contributed by atoms with van der Waals surface area (Å²) in [5.74, 6) is -0.358. The van der Waals surface area contributed by atoms with E-state index in [0.29, 0.717) is 22.1 Å². The lowest BCUT2D eigenvalue weighted by molar-refractivity contribution is -0.107. The molecule has 19 heavy (non-hydrogen) atoms. The summed E-state index contributed by atoms with van der Waals surface area (Å²) in [6.07, 6.45) is 0.560. The lowest BCUT2D eigenvalue weighted by Crippen LogP contribution is -2.41. The normalized spacial score (nSPS) is 9.74. The van der Waals surface area contributed by atoms with Crippen LogP contribution in [0.2, 0.25) is 0 Å². The molecule has 0 fully saturated rings. The van der Waals surface area contributed by atoms with Crippen LogP contribution in [-0.2, 0) is 4.79 Å². The second kappa shape index (κ2) is 6.15. The van der Waals surface area contributed by atoms with Crippen molar-refractivity contribution < 1.29 is 9.59 Å². The van der Waals surface area contributed by atoms with Crippen LogP contribution in [0.3, 0.4) is 0 Å². The van der Waals surface area contributed by atoms with Crippen molar-refractivity contribution in [3.05, 3.63) is 64.6 Å². The number of carbonyl (C=O) groups is 2. The summed E-state index contributed by atoms with van der Waals surface area (Å²) in [7, 11) is 0. The van der Waals surface area contributed by atoms with Crippen LogP contribution in [0.1, 0.15) is 10.4 Å². The minimum absolute atomic E-state index is 0.358. The molecule has 2 amide bonds. The number of benzene rings is 2. The SMILES string of the molecule is O=CN(NC(=O)c1ccccc1Br)c1ccccc1. The van der Waals surface area contributed by atoms with Crippen molar-refractivity contribution in [2.24, 2.45) is 0 Å². The number of para-hydroxylation sites is 1. The van der Waals surface area contributed by atoms with Gasteiger partial charge in [-0.1, -0.05) is 30.3 Å². The molecule has 2 aromatic rings. The van der Waals surface area contributed by atoms with Gasteiger partial charge in [0.05, 0.1) is 11.3 Å². The number of halogens is 1. The van der Waals surface area contributed by atoms with Crippen molar-refractivity contribution in [3.8, 4) is 0 Å². The Morgan fingerprint density at radius 1 is 1.05 bits per heavy atom. The first-order valence-electron chi connectivity index (χ1n) is 5.57. The fourth-order valence-electron chi connectivity index (χ4n) is 1.56. The van der Waals surface area contributed by atoms with Crippen molar-refractivity contribution in [2.45, 2.75) is 0 Å². The average Bonchev–Trinajstić information content (AvgIpc) is 2.46. The van der Waals surface area contributed by atoms with Crippen LogP contribution < -0.4 is 10.4 Å². The highest BCUT2D eigenvalue weighted by Gasteiger charge is 2.13. The van der Waals surface area contributed by atoms with Crippen LogP contribution in [0, 0.1) is 0 Å². The molecule has 2 rings (SSSR count). The molecule has 0 bridgehead atoms. The zero-order valence-electron chi connectivity index (χ0n) is 9.92. The molecule has 1 N–H and O–H groups in total. The van der Waals surface area contributed by atoms with E-state index < -0.39 is 0 Å². The summed E-state index contributed by atoms with van der Waals surface area (Å²) < 4.78 is 0.673. The summed E-state index contributed by atoms with van der Waals surface area (Å²) >= 11 is 3.30. The molecule has 0 saturated carbocycles. The monoisotopic (exact) mass is 318 g/mol. The fraction of sp³-hybridized carbons (Fsp3) is 0. The Hall–Kier alpha value is -2.14. The Balaban J connectivity index is 2.18. The largest absolute Gasteiger partial charge is 0.276 e. The molecular formula is C14H11BrN2O2. The quantitative estimate of drug-likeness (QED) is 0.696. The van der Waals surface area contributed by atoms with Gasteiger partial charge >= 0.3 is 0 Å². The minimum atomic E-state index is -0.358. The maximum absolute atomic E-state index is 12.1. The van der Waals surface area contributed by atoms with Gasteiger partial charge in [-0.15, -0.1) is 0 Å². The standard InChI is InChI=1S/C14H11BrN2O2/c15-13-9-5-4-8-12(13)14(19)16-17(10-18)11-6-2-1-3-7-11/h1-10H,(H,16,19). The Kier molecular flexibility index (Phi) is 4.30. The highest BCUT2D eigenvalue weighted by molar-refractivity contribution is 9.10. The molecule has 0 radical (unpaired) electrons. The van der Waals surface area contributed by atoms with Crippen molar-refractivity contribution in [2.75, 3.05) is 5.01 Å². The lowest BCUT2D eigenvalue weighted by Gasteiger charge is -2.18. The minimum Gasteiger partial charge on any atom is -0.276 e. The smallest absolute Gasteiger partial charge is 0.271 e. The van der Waals surface area contributed by atoms with Gasteiger partial charge in [0.15, 0.2) is 0 Å². The molecule has 0 unspecified atom stereocenters. The predicted molar refractivity (Wildman–Crippen MR) is 76.6 cm³/mol. The summed E-state index contributed by atoms with van der Waals surface area (Å²) in [4.78, 5) is 23.1. The lowest BCUT2D eigenvalue weighted by atomic mass is 10.2. The van der Waals surface area contributed by atoms with Crippen molar-refractivity contribution in [3.63, 3.8) is 0 Å². The zero-order chi connectivity index (χ0) is 13.7. The van der Waals surface area contributed by atoms with Crippen LogP contribution in [0.5, 0.6) is 0 Å². The Morgan fingerprint density at radius 3 is 2.32 bits per heavy atom. The highest BCUT2D eigenvalue weighted by atomic mass is 79.9. The first kappa shape index (κ1) is 13.3. The number of carbonyl (C=O) groups excluding carboxylic acids is 2. The van der Waals surface area contributed by atoms with Gasteiger partial charge in [0.1, 0.15) is 0 Å². The summed E-state index contributed by atoms with van der Waals surface area (Å²) in [6.45, 7) is 0. The van der Waals surface area contributed by atoms with Crippen molar-refractivity contribution >= 4 is 33.9 Å². The van der Waals surface area contributed by atoms with Gasteiger partial charge in [-0.05, 0) is 40.2 Å². The van der Waals surface area contributed by atoms with Gasteiger partial charge in [0, 0.05) is 4.47 Å². The average molecular weight is 319 g/mol. The number of nitrogens with zero attached hydrogens (tertiary/aromatic N) is 1. The first-order chi connectivity index (χ1) is 9.22. The summed E-state index contributed by atoms with van der Waals surface area (Å²) in [5, 5.41) is 1.14. The highest BCUT2D eigenvalue weighted by Crippen LogP contribution is 2.16. The fourth-order valence-corrected chi connectivity index (χ4v) is 2.02. The molecule has 0 atom stereocenters. The Labute approximate surface area is 119 Å². The van der Waals surface area contributed by atoms with Crippen LogP contribution in [0.4, 0.5) is 5.69 Å². The van der Waals surface area contributed by atoms with E-state index in [9.17, 15) is 9.59 Å². The zero-order valence-corrected chi connectivity index (χ0v) is 11.5. The van der Waals surface area contributed by atoms with Gasteiger partial charge in [-0.3, -0.25) is 15.0 Å². The van der Waals surface area contributed by atoms with Gasteiger partial charge in [-0.2, -0.15) is 0 Å². The second-order valence-corrected chi connectivity index (χ2v) is 4.59. The second-order valence-electron chi connectivity index (χ2n) is 3.73. The molecule has 0 saturated heterocycles. The van der Waals surface area contributed by atoms with Crippen LogP contribution >= 0.6 is 15.9 Å². The first-order valence-corrected chi connectivity index (χ1v) is 6.37. The number of rotatable bonds is 4. The maximum Gasteiger partial charge on any atom is 0.271 e. The van der Waals surface area contributed by atoms with E-state index in [0.717, 1.165) is 5.01 Å². The van der Waals surface area contributed by atoms with Crippen LogP contribution in [-0.4, -0.2) is 12.3 Å². The molecule has 5 heteroatoms. The molecular weight excluding hydrogens is 308 g/mol. The van der Waals surface area contributed by atoms with Gasteiger partial charge in [0.25, 0.3) is 5.91 Å². The molecule has 0 aliphatic carbocycles. The topological polar surface area (TPSA) is 49.4 Å². The number of hydrogen-bond donors (Lipinski definition) is 1. The van der Waals surface area contributed by atoms with E-state index in [1.165, 1.54) is 0 Å². The third kappa shape index (κ3) is 3.20. The van der Waals surface area contributed by atoms with Gasteiger partial charge in [-0.25, -0.2) is 5.01 Å². The Morgan fingerprint density at radius 2 is 1.68 bits per heavy atom. The van der Waals surface area contributed by atoms with E-state index in [1.54, 1.807) is 42.5 Å². The van der Waals surface area contributed by atoms with E-state index in [-0.39, 0.29) is 5.91 Å². The van der Waals surface area contributed by atoms with Crippen LogP contribution in [0.15, 0.2) is 59.1 Å². The van der Waals surface area contributed by atoms with Crippen molar-refractivity contribution in [1.29, 1.82) is 0 Å². The molecule has 0 aliphatic rings. The van der Waals surface area contributed by atoms with E-state index in [4.69, 9.17) is 0 Å². The van der Waals surface area contributed by atoms with Crippen molar-refractivity contribution in [1.82, 2.24) is 5.43 Å². The van der Waals surface area contributed by atoms with E-state index >= 15 is 0 Å². The van der Waals surface area contributed by atoms with Gasteiger partial charge < -0.3 is 0 Å². The van der Waals surface area contributed by atoms with Gasteiger partial charge in [0.2, 0.25) is 6.41 Å². The molecule has 0 heterocycles. The molecule has 2 aromatic carbocycles. The maximum atomic E-state index is 12.1. The summed E-state index contributed by atoms with van der Waals surface area (Å²) in [5.41, 5.74) is 3.59. The predicted octanol–water partition coefficient (Wildman–Crippen LogP) is 2.76. The molecule has 0 aromatic heterocycles. The van der Waals surface area contributed by atoms with E-state index in [1.807, 2.05) is 12.1 Å². The molecule has 0 aliphatic heterocycles. The molecule has 96 valence electrons. The molecule has 0 spiro atoms. The number of anilines is 1. The number of amides is 2. The number of nitrogens with one attached hydrogen (secondary N) is 1. The third-order valence-electron chi connectivity index (χ3n) is 2.48. The number of hydrazine groups is 1. The molecule has 4 nitrogen and oxygen atoms in total. The Bertz CT molecular complexity index is 587. The van der Waals surface area contributed by atoms with E-state index in [2.05, 4.69) is 21.4 Å². The summed E-state index contributed by atoms with van der Waals surface area (Å²) in [6, 6.07) is 15.9.